The molecular weight excluding hydrogens is 360 g/mol. The normalized spacial score (nSPS) is 23.0. The highest BCUT2D eigenvalue weighted by molar-refractivity contribution is 7.13. The Morgan fingerprint density at radius 3 is 3.04 bits per heavy atom. The van der Waals surface area contributed by atoms with E-state index in [4.69, 9.17) is 4.98 Å². The Balaban J connectivity index is 0.00000182. The van der Waals surface area contributed by atoms with Crippen molar-refractivity contribution in [2.45, 2.75) is 19.4 Å². The Hall–Kier alpha value is -1.54. The van der Waals surface area contributed by atoms with E-state index in [1.54, 1.807) is 23.5 Å². The van der Waals surface area contributed by atoms with Gasteiger partial charge in [-0.15, -0.1) is 23.7 Å². The Morgan fingerprint density at radius 1 is 1.40 bits per heavy atom. The molecule has 8 heteroatoms. The summed E-state index contributed by atoms with van der Waals surface area (Å²) in [4.78, 5) is 17.7. The highest BCUT2D eigenvalue weighted by Crippen LogP contribution is 2.37. The summed E-state index contributed by atoms with van der Waals surface area (Å²) in [5.41, 5.74) is 2.46. The molecule has 0 saturated carbocycles. The van der Waals surface area contributed by atoms with E-state index in [1.807, 2.05) is 6.07 Å². The number of rotatable bonds is 4. The second-order valence-corrected chi connectivity index (χ2v) is 7.70. The molecule has 1 aromatic carbocycles. The second kappa shape index (κ2) is 7.37. The predicted octanol–water partition coefficient (Wildman–Crippen LogP) is 3.33. The first-order chi connectivity index (χ1) is 11.6. The number of aromatic nitrogens is 1. The van der Waals surface area contributed by atoms with Gasteiger partial charge in [-0.2, -0.15) is 0 Å². The molecule has 2 fully saturated rings. The predicted molar refractivity (Wildman–Crippen MR) is 101 cm³/mol. The van der Waals surface area contributed by atoms with E-state index in [0.29, 0.717) is 5.41 Å². The topological polar surface area (TPSA) is 71.3 Å². The zero-order chi connectivity index (χ0) is 16.6. The zero-order valence-corrected chi connectivity index (χ0v) is 15.4. The lowest BCUT2D eigenvalue weighted by molar-refractivity contribution is -0.384. The maximum Gasteiger partial charge on any atom is 0.270 e. The third-order valence-electron chi connectivity index (χ3n) is 5.09. The average molecular weight is 381 g/mol. The molecule has 2 saturated heterocycles. The number of nitrogens with one attached hydrogen (secondary N) is 1. The molecule has 25 heavy (non-hydrogen) atoms. The van der Waals surface area contributed by atoms with E-state index in [0.717, 1.165) is 49.0 Å². The van der Waals surface area contributed by atoms with Crippen molar-refractivity contribution in [3.05, 3.63) is 45.5 Å². The van der Waals surface area contributed by atoms with Gasteiger partial charge in [0.1, 0.15) is 5.01 Å². The Morgan fingerprint density at radius 2 is 2.28 bits per heavy atom. The molecule has 0 radical (unpaired) electrons. The fraction of sp³-hybridized carbons (Fsp3) is 0.471. The molecule has 3 heterocycles. The molecule has 2 aliphatic rings. The third-order valence-corrected chi connectivity index (χ3v) is 6.03. The summed E-state index contributed by atoms with van der Waals surface area (Å²) in [6.45, 7) is 5.42. The average Bonchev–Trinajstić information content (AvgIpc) is 3.31. The number of hydrogen-bond acceptors (Lipinski definition) is 6. The van der Waals surface area contributed by atoms with Crippen molar-refractivity contribution in [1.29, 1.82) is 0 Å². The number of nitro benzene ring substituents is 1. The smallest absolute Gasteiger partial charge is 0.270 e. The molecule has 0 bridgehead atoms. The number of hydrogen-bond donors (Lipinski definition) is 1. The molecule has 1 spiro atoms. The standard InChI is InChI=1S/C17H20N4O2S.ClH/c22-21(23)15-3-1-2-13(8-15)16-19-14(10-24-16)9-20-7-5-17(12-20)4-6-18-11-17;/h1-3,8,10,18H,4-7,9,11-12H2;1H. The first-order valence-electron chi connectivity index (χ1n) is 8.26. The van der Waals surface area contributed by atoms with E-state index in [2.05, 4.69) is 15.6 Å². The van der Waals surface area contributed by atoms with Gasteiger partial charge >= 0.3 is 0 Å². The van der Waals surface area contributed by atoms with Crippen molar-refractivity contribution in [2.24, 2.45) is 5.41 Å². The first-order valence-corrected chi connectivity index (χ1v) is 9.14. The summed E-state index contributed by atoms with van der Waals surface area (Å²) < 4.78 is 0. The highest BCUT2D eigenvalue weighted by atomic mass is 35.5. The van der Waals surface area contributed by atoms with Crippen LogP contribution in [0.15, 0.2) is 29.6 Å². The molecule has 1 N–H and O–H groups in total. The number of benzene rings is 1. The van der Waals surface area contributed by atoms with E-state index < -0.39 is 0 Å². The van der Waals surface area contributed by atoms with Gasteiger partial charge in [-0.1, -0.05) is 12.1 Å². The Kier molecular flexibility index (Phi) is 5.38. The molecule has 6 nitrogen and oxygen atoms in total. The summed E-state index contributed by atoms with van der Waals surface area (Å²) in [6.07, 6.45) is 2.54. The van der Waals surface area contributed by atoms with Gasteiger partial charge in [0.25, 0.3) is 5.69 Å². The monoisotopic (exact) mass is 380 g/mol. The highest BCUT2D eigenvalue weighted by Gasteiger charge is 2.40. The van der Waals surface area contributed by atoms with Crippen LogP contribution in [-0.4, -0.2) is 41.0 Å². The van der Waals surface area contributed by atoms with Gasteiger partial charge < -0.3 is 5.32 Å². The summed E-state index contributed by atoms with van der Waals surface area (Å²) in [7, 11) is 0. The molecular formula is C17H21ClN4O2S. The minimum atomic E-state index is -0.364. The molecule has 4 rings (SSSR count). The Bertz CT molecular complexity index is 761. The van der Waals surface area contributed by atoms with E-state index in [-0.39, 0.29) is 23.0 Å². The van der Waals surface area contributed by atoms with Crippen molar-refractivity contribution < 1.29 is 4.92 Å². The van der Waals surface area contributed by atoms with E-state index >= 15 is 0 Å². The number of nitrogens with zero attached hydrogens (tertiary/aromatic N) is 3. The van der Waals surface area contributed by atoms with Crippen LogP contribution in [0, 0.1) is 15.5 Å². The molecule has 2 aliphatic heterocycles. The third kappa shape index (κ3) is 3.84. The molecule has 1 atom stereocenters. The van der Waals surface area contributed by atoms with Crippen LogP contribution in [0.25, 0.3) is 10.6 Å². The number of nitro groups is 1. The van der Waals surface area contributed by atoms with Gasteiger partial charge in [0.15, 0.2) is 0 Å². The molecule has 0 amide bonds. The van der Waals surface area contributed by atoms with Crippen LogP contribution in [0.5, 0.6) is 0 Å². The van der Waals surface area contributed by atoms with Crippen molar-refractivity contribution in [1.82, 2.24) is 15.2 Å². The summed E-state index contributed by atoms with van der Waals surface area (Å²) in [5, 5.41) is 17.3. The van der Waals surface area contributed by atoms with Gasteiger partial charge in [0, 0.05) is 42.7 Å². The fourth-order valence-corrected chi connectivity index (χ4v) is 4.61. The Labute approximate surface area is 156 Å². The maximum atomic E-state index is 10.9. The molecule has 134 valence electrons. The van der Waals surface area contributed by atoms with E-state index in [1.165, 1.54) is 18.9 Å². The van der Waals surface area contributed by atoms with Crippen LogP contribution in [0.4, 0.5) is 5.69 Å². The quantitative estimate of drug-likeness (QED) is 0.650. The first kappa shape index (κ1) is 18.3. The van der Waals surface area contributed by atoms with Crippen LogP contribution < -0.4 is 5.32 Å². The van der Waals surface area contributed by atoms with Crippen LogP contribution in [-0.2, 0) is 6.54 Å². The van der Waals surface area contributed by atoms with Gasteiger partial charge in [0.05, 0.1) is 10.6 Å². The molecule has 1 aromatic heterocycles. The van der Waals surface area contributed by atoms with Crippen LogP contribution >= 0.6 is 23.7 Å². The summed E-state index contributed by atoms with van der Waals surface area (Å²) in [6, 6.07) is 6.70. The second-order valence-electron chi connectivity index (χ2n) is 6.84. The lowest BCUT2D eigenvalue weighted by Crippen LogP contribution is -2.29. The van der Waals surface area contributed by atoms with Crippen molar-refractivity contribution in [3.8, 4) is 10.6 Å². The number of non-ortho nitro benzene ring substituents is 1. The number of likely N-dealkylation sites (tertiary alicyclic amines) is 1. The van der Waals surface area contributed by atoms with E-state index in [9.17, 15) is 10.1 Å². The molecule has 1 unspecified atom stereocenters. The number of halogens is 1. The van der Waals surface area contributed by atoms with Crippen molar-refractivity contribution >= 4 is 29.4 Å². The SMILES string of the molecule is Cl.O=[N+]([O-])c1cccc(-c2nc(CN3CCC4(CCNC4)C3)cs2)c1. The summed E-state index contributed by atoms with van der Waals surface area (Å²) in [5.74, 6) is 0. The number of thiazole rings is 1. The molecule has 0 aliphatic carbocycles. The fourth-order valence-electron chi connectivity index (χ4n) is 3.80. The van der Waals surface area contributed by atoms with Crippen LogP contribution in [0.3, 0.4) is 0 Å². The van der Waals surface area contributed by atoms with Crippen molar-refractivity contribution in [3.63, 3.8) is 0 Å². The lowest BCUT2D eigenvalue weighted by Gasteiger charge is -2.22. The largest absolute Gasteiger partial charge is 0.316 e. The maximum absolute atomic E-state index is 10.9. The van der Waals surface area contributed by atoms with Crippen LogP contribution in [0.2, 0.25) is 0 Å². The summed E-state index contributed by atoms with van der Waals surface area (Å²) >= 11 is 1.56. The van der Waals surface area contributed by atoms with Gasteiger partial charge in [0.2, 0.25) is 0 Å². The minimum Gasteiger partial charge on any atom is -0.316 e. The minimum absolute atomic E-state index is 0. The lowest BCUT2D eigenvalue weighted by atomic mass is 9.87. The van der Waals surface area contributed by atoms with Gasteiger partial charge in [-0.3, -0.25) is 15.0 Å². The zero-order valence-electron chi connectivity index (χ0n) is 13.8. The van der Waals surface area contributed by atoms with Gasteiger partial charge in [-0.25, -0.2) is 4.98 Å². The van der Waals surface area contributed by atoms with Gasteiger partial charge in [-0.05, 0) is 31.3 Å². The molecule has 2 aromatic rings. The van der Waals surface area contributed by atoms with Crippen molar-refractivity contribution in [2.75, 3.05) is 26.2 Å². The van der Waals surface area contributed by atoms with Crippen LogP contribution in [0.1, 0.15) is 18.5 Å².